The van der Waals surface area contributed by atoms with Crippen LogP contribution in [0, 0.1) is 24.0 Å². The van der Waals surface area contributed by atoms with Crippen molar-refractivity contribution in [2.75, 3.05) is 11.9 Å². The summed E-state index contributed by atoms with van der Waals surface area (Å²) in [6, 6.07) is 6.09. The summed E-state index contributed by atoms with van der Waals surface area (Å²) >= 11 is 0. The molecule has 0 saturated heterocycles. The van der Waals surface area contributed by atoms with E-state index in [0.29, 0.717) is 22.5 Å². The largest absolute Gasteiger partial charge is 0.454 e. The Morgan fingerprint density at radius 2 is 1.90 bits per heavy atom. The van der Waals surface area contributed by atoms with Crippen molar-refractivity contribution >= 4 is 28.9 Å². The number of aromatic amines is 1. The van der Waals surface area contributed by atoms with E-state index in [1.807, 2.05) is 0 Å². The molecule has 1 aromatic carbocycles. The number of nitrogens with one attached hydrogen (secondary N) is 2. The van der Waals surface area contributed by atoms with Crippen LogP contribution in [0.25, 0.3) is 0 Å². The quantitative estimate of drug-likeness (QED) is 0.285. The second kappa shape index (κ2) is 9.13. The molecule has 1 unspecified atom stereocenters. The van der Waals surface area contributed by atoms with E-state index >= 15 is 0 Å². The number of esters is 1. The topological polar surface area (TPSA) is 131 Å². The Kier molecular flexibility index (Phi) is 6.87. The lowest BCUT2D eigenvalue weighted by molar-refractivity contribution is -0.384. The van der Waals surface area contributed by atoms with E-state index in [4.69, 9.17) is 4.74 Å². The monoisotopic (exact) mass is 401 g/mol. The lowest BCUT2D eigenvalue weighted by Crippen LogP contribution is -2.26. The second-order valence-corrected chi connectivity index (χ2v) is 6.63. The van der Waals surface area contributed by atoms with Crippen molar-refractivity contribution in [1.29, 1.82) is 0 Å². The van der Waals surface area contributed by atoms with Crippen molar-refractivity contribution in [1.82, 2.24) is 4.98 Å². The Morgan fingerprint density at radius 1 is 1.24 bits per heavy atom. The minimum atomic E-state index is -1.04. The number of hydrogen-bond donors (Lipinski definition) is 2. The highest BCUT2D eigenvalue weighted by Gasteiger charge is 2.26. The third kappa shape index (κ3) is 5.07. The molecule has 9 nitrogen and oxygen atoms in total. The zero-order valence-electron chi connectivity index (χ0n) is 16.7. The number of carbonyl (C=O) groups excluding carboxylic acids is 3. The molecule has 0 radical (unpaired) electrons. The molecule has 0 amide bonds. The molecule has 2 N–H and O–H groups in total. The Morgan fingerprint density at radius 3 is 2.48 bits per heavy atom. The number of nitro benzene ring substituents is 1. The fourth-order valence-corrected chi connectivity index (χ4v) is 3.12. The Balaban J connectivity index is 1.94. The van der Waals surface area contributed by atoms with Crippen LogP contribution in [-0.2, 0) is 9.53 Å². The van der Waals surface area contributed by atoms with E-state index in [2.05, 4.69) is 10.3 Å². The lowest BCUT2D eigenvalue weighted by atomic mass is 10.0. The summed E-state index contributed by atoms with van der Waals surface area (Å²) in [4.78, 5) is 49.7. The van der Waals surface area contributed by atoms with Gasteiger partial charge >= 0.3 is 5.97 Å². The highest BCUT2D eigenvalue weighted by molar-refractivity contribution is 6.05. The smallest absolute Gasteiger partial charge is 0.308 e. The normalized spacial score (nSPS) is 11.6. The number of aromatic nitrogens is 1. The SMILES string of the molecule is CC(=O)c1c(C)[nH]c(C(=O)C(C)OC(=O)CCNc2ccccc2[N+](=O)[O-])c1C. The fraction of sp³-hybridized carbons (Fsp3) is 0.350. The van der Waals surface area contributed by atoms with Gasteiger partial charge in [-0.15, -0.1) is 0 Å². The first kappa shape index (κ1) is 21.8. The van der Waals surface area contributed by atoms with Crippen molar-refractivity contribution in [3.05, 3.63) is 56.9 Å². The first-order valence-electron chi connectivity index (χ1n) is 9.04. The van der Waals surface area contributed by atoms with E-state index in [1.165, 1.54) is 19.9 Å². The maximum atomic E-state index is 12.6. The Hall–Kier alpha value is -3.49. The van der Waals surface area contributed by atoms with E-state index in [-0.39, 0.29) is 30.1 Å². The van der Waals surface area contributed by atoms with Gasteiger partial charge in [0.2, 0.25) is 5.78 Å². The molecule has 0 aliphatic carbocycles. The van der Waals surface area contributed by atoms with Crippen molar-refractivity contribution in [2.24, 2.45) is 0 Å². The summed E-state index contributed by atoms with van der Waals surface area (Å²) in [6.07, 6.45) is -1.12. The van der Waals surface area contributed by atoms with Gasteiger partial charge in [0.1, 0.15) is 5.69 Å². The van der Waals surface area contributed by atoms with Crippen LogP contribution in [0.4, 0.5) is 11.4 Å². The molecule has 29 heavy (non-hydrogen) atoms. The summed E-state index contributed by atoms with van der Waals surface area (Å²) in [5.41, 5.74) is 2.02. The zero-order valence-corrected chi connectivity index (χ0v) is 16.7. The third-order valence-electron chi connectivity index (χ3n) is 4.46. The van der Waals surface area contributed by atoms with Crippen LogP contribution in [-0.4, -0.2) is 40.1 Å². The van der Waals surface area contributed by atoms with E-state index < -0.39 is 22.8 Å². The van der Waals surface area contributed by atoms with E-state index in [9.17, 15) is 24.5 Å². The van der Waals surface area contributed by atoms with Crippen molar-refractivity contribution in [3.8, 4) is 0 Å². The van der Waals surface area contributed by atoms with Crippen LogP contribution in [0.2, 0.25) is 0 Å². The summed E-state index contributed by atoms with van der Waals surface area (Å²) < 4.78 is 5.18. The van der Waals surface area contributed by atoms with Crippen LogP contribution < -0.4 is 5.32 Å². The number of benzene rings is 1. The summed E-state index contributed by atoms with van der Waals surface area (Å²) in [6.45, 7) is 6.35. The van der Waals surface area contributed by atoms with Crippen LogP contribution in [0.5, 0.6) is 0 Å². The number of aryl methyl sites for hydroxylation is 1. The number of rotatable bonds is 9. The van der Waals surface area contributed by atoms with Crippen molar-refractivity contribution in [2.45, 2.75) is 40.2 Å². The Bertz CT molecular complexity index is 963. The molecule has 0 aliphatic rings. The zero-order chi connectivity index (χ0) is 21.7. The summed E-state index contributed by atoms with van der Waals surface area (Å²) in [5, 5.41) is 13.8. The molecule has 0 spiro atoms. The van der Waals surface area contributed by atoms with E-state index in [0.717, 1.165) is 0 Å². The number of H-pyrrole nitrogens is 1. The minimum absolute atomic E-state index is 0.0783. The number of nitro groups is 1. The standard InChI is InChI=1S/C20H23N3O6/c1-11-18(13(3)24)12(2)22-19(11)20(26)14(4)29-17(25)9-10-21-15-7-5-6-8-16(15)23(27)28/h5-8,14,21-22H,9-10H2,1-4H3. The first-order valence-corrected chi connectivity index (χ1v) is 9.04. The van der Waals surface area contributed by atoms with Gasteiger partial charge in [-0.3, -0.25) is 24.5 Å². The number of para-hydroxylation sites is 2. The summed E-state index contributed by atoms with van der Waals surface area (Å²) in [7, 11) is 0. The lowest BCUT2D eigenvalue weighted by Gasteiger charge is -2.13. The molecule has 0 fully saturated rings. The minimum Gasteiger partial charge on any atom is -0.454 e. The van der Waals surface area contributed by atoms with Crippen LogP contribution in [0.1, 0.15) is 52.4 Å². The molecule has 154 valence electrons. The van der Waals surface area contributed by atoms with Gasteiger partial charge in [-0.1, -0.05) is 12.1 Å². The molecule has 9 heteroatoms. The number of hydrogen-bond acceptors (Lipinski definition) is 7. The third-order valence-corrected chi connectivity index (χ3v) is 4.46. The average Bonchev–Trinajstić information content (AvgIpc) is 2.95. The van der Waals surface area contributed by atoms with E-state index in [1.54, 1.807) is 32.0 Å². The maximum Gasteiger partial charge on any atom is 0.308 e. The predicted molar refractivity (Wildman–Crippen MR) is 106 cm³/mol. The average molecular weight is 401 g/mol. The number of nitrogens with zero attached hydrogens (tertiary/aromatic N) is 1. The highest BCUT2D eigenvalue weighted by Crippen LogP contribution is 2.23. The van der Waals surface area contributed by atoms with Gasteiger partial charge in [0.25, 0.3) is 5.69 Å². The van der Waals surface area contributed by atoms with Gasteiger partial charge in [-0.25, -0.2) is 0 Å². The molecule has 0 saturated carbocycles. The number of ether oxygens (including phenoxy) is 1. The number of Topliss-reactive ketones (excluding diaryl/α,β-unsaturated/α-hetero) is 2. The van der Waals surface area contributed by atoms with Gasteiger partial charge < -0.3 is 15.0 Å². The fourth-order valence-electron chi connectivity index (χ4n) is 3.12. The Labute approximate surface area is 167 Å². The molecule has 2 aromatic rings. The summed E-state index contributed by atoms with van der Waals surface area (Å²) in [5.74, 6) is -1.20. The molecular formula is C20H23N3O6. The highest BCUT2D eigenvalue weighted by atomic mass is 16.6. The van der Waals surface area contributed by atoms with Crippen molar-refractivity contribution < 1.29 is 24.0 Å². The molecule has 2 rings (SSSR count). The molecule has 0 bridgehead atoms. The predicted octanol–water partition coefficient (Wildman–Crippen LogP) is 3.36. The maximum absolute atomic E-state index is 12.6. The molecule has 1 heterocycles. The van der Waals surface area contributed by atoms with Crippen LogP contribution >= 0.6 is 0 Å². The second-order valence-electron chi connectivity index (χ2n) is 6.63. The molecule has 0 aliphatic heterocycles. The molecule has 1 atom stereocenters. The number of ketones is 2. The first-order chi connectivity index (χ1) is 13.6. The van der Waals surface area contributed by atoms with Crippen LogP contribution in [0.3, 0.4) is 0 Å². The number of anilines is 1. The van der Waals surface area contributed by atoms with Gasteiger partial charge in [0, 0.05) is 23.9 Å². The molecular weight excluding hydrogens is 378 g/mol. The van der Waals surface area contributed by atoms with Gasteiger partial charge in [-0.05, 0) is 39.3 Å². The van der Waals surface area contributed by atoms with Gasteiger partial charge in [-0.2, -0.15) is 0 Å². The number of carbonyl (C=O) groups is 3. The molecule has 1 aromatic heterocycles. The van der Waals surface area contributed by atoms with Gasteiger partial charge in [0.15, 0.2) is 11.9 Å². The van der Waals surface area contributed by atoms with Gasteiger partial charge in [0.05, 0.1) is 17.0 Å². The van der Waals surface area contributed by atoms with Crippen LogP contribution in [0.15, 0.2) is 24.3 Å². The van der Waals surface area contributed by atoms with Crippen molar-refractivity contribution in [3.63, 3.8) is 0 Å².